The number of ketones is 2. The number of Topliss-reactive ketones (excluding diaryl/α,β-unsaturated/α-hetero) is 2. The van der Waals surface area contributed by atoms with Crippen molar-refractivity contribution in [3.63, 3.8) is 0 Å². The van der Waals surface area contributed by atoms with Crippen LogP contribution in [-0.2, 0) is 16.1 Å². The van der Waals surface area contributed by atoms with Crippen LogP contribution in [0.25, 0.3) is 0 Å². The summed E-state index contributed by atoms with van der Waals surface area (Å²) in [5, 5.41) is 24.9. The lowest BCUT2D eigenvalue weighted by atomic mass is 9.69. The Hall–Kier alpha value is -4.64. The summed E-state index contributed by atoms with van der Waals surface area (Å²) < 4.78 is 27.5. The number of phenols is 1. The number of halogens is 1. The van der Waals surface area contributed by atoms with Crippen molar-refractivity contribution in [3.8, 4) is 28.7 Å². The van der Waals surface area contributed by atoms with Gasteiger partial charge in [0, 0.05) is 36.3 Å². The smallest absolute Gasteiger partial charge is 0.231 e. The minimum atomic E-state index is -2.03. The second-order valence-electron chi connectivity index (χ2n) is 10.3. The van der Waals surface area contributed by atoms with E-state index >= 15 is 0 Å². The van der Waals surface area contributed by atoms with E-state index in [1.54, 1.807) is 19.1 Å². The van der Waals surface area contributed by atoms with Crippen LogP contribution in [0.4, 0.5) is 0 Å². The van der Waals surface area contributed by atoms with Crippen LogP contribution < -0.4 is 24.3 Å². The summed E-state index contributed by atoms with van der Waals surface area (Å²) in [6.45, 7) is 1.70. The van der Waals surface area contributed by atoms with Gasteiger partial charge >= 0.3 is 0 Å². The molecule has 2 aliphatic rings. The van der Waals surface area contributed by atoms with Crippen LogP contribution in [-0.4, -0.2) is 54.6 Å². The van der Waals surface area contributed by atoms with Gasteiger partial charge in [0.1, 0.15) is 27.8 Å². The number of aliphatic hydroxyl groups is 1. The van der Waals surface area contributed by atoms with Gasteiger partial charge in [0.2, 0.25) is 17.3 Å². The highest BCUT2D eigenvalue weighted by atomic mass is 35.5. The van der Waals surface area contributed by atoms with E-state index in [0.717, 1.165) is 0 Å². The molecule has 43 heavy (non-hydrogen) atoms. The molecule has 0 bridgehead atoms. The van der Waals surface area contributed by atoms with Crippen molar-refractivity contribution in [1.29, 1.82) is 0 Å². The van der Waals surface area contributed by atoms with Crippen LogP contribution in [0.5, 0.6) is 28.7 Å². The highest BCUT2D eigenvalue weighted by Gasteiger charge is 2.61. The van der Waals surface area contributed by atoms with Crippen LogP contribution in [0.15, 0.2) is 58.4 Å². The molecule has 1 aromatic heterocycles. The SMILES string of the molecule is COc1cc(C(CC(=O)NCc2ccco2)C2=C(O)C3(Oc4c(Cl)c(OC)cc(OC)c4C3=O)C(C)CC2=O)ccc1O. The molecule has 1 aliphatic heterocycles. The zero-order valence-corrected chi connectivity index (χ0v) is 24.6. The van der Waals surface area contributed by atoms with E-state index in [0.29, 0.717) is 11.3 Å². The van der Waals surface area contributed by atoms with Gasteiger partial charge in [-0.1, -0.05) is 24.6 Å². The Balaban J connectivity index is 1.64. The van der Waals surface area contributed by atoms with Crippen LogP contribution in [0.1, 0.15) is 47.4 Å². The molecule has 1 amide bonds. The number of hydrogen-bond donors (Lipinski definition) is 3. The second kappa shape index (κ2) is 11.6. The van der Waals surface area contributed by atoms with E-state index in [4.69, 9.17) is 35.0 Å². The number of benzene rings is 2. The van der Waals surface area contributed by atoms with Gasteiger partial charge in [-0.05, 0) is 29.8 Å². The van der Waals surface area contributed by atoms with Gasteiger partial charge in [0.05, 0.1) is 34.1 Å². The van der Waals surface area contributed by atoms with Gasteiger partial charge in [-0.25, -0.2) is 0 Å². The van der Waals surface area contributed by atoms with E-state index < -0.39 is 40.7 Å². The standard InChI is InChI=1S/C31H30ClNO10/c1-15-10-20(35)25(29(37)31(15)30(38)26-22(40-3)13-23(41-4)27(32)28(26)43-31)18(16-7-8-19(34)21(11-16)39-2)12-24(36)33-14-17-6-5-9-42-17/h5-9,11,13,15,18,34,37H,10,12,14H2,1-4H3,(H,33,36). The van der Waals surface area contributed by atoms with E-state index in [2.05, 4.69) is 5.32 Å². The number of rotatable bonds is 9. The van der Waals surface area contributed by atoms with E-state index in [1.807, 2.05) is 0 Å². The number of carbonyl (C=O) groups is 3. The van der Waals surface area contributed by atoms with Crippen LogP contribution >= 0.6 is 11.6 Å². The number of hydrogen-bond acceptors (Lipinski definition) is 10. The minimum absolute atomic E-state index is 0.000516. The molecule has 0 saturated heterocycles. The predicted molar refractivity (Wildman–Crippen MR) is 153 cm³/mol. The summed E-state index contributed by atoms with van der Waals surface area (Å²) in [5.74, 6) is -3.40. The van der Waals surface area contributed by atoms with Crippen molar-refractivity contribution < 1.29 is 48.0 Å². The largest absolute Gasteiger partial charge is 0.507 e. The van der Waals surface area contributed by atoms with E-state index in [-0.39, 0.29) is 64.3 Å². The molecule has 2 heterocycles. The number of ether oxygens (including phenoxy) is 4. The van der Waals surface area contributed by atoms with E-state index in [1.165, 1.54) is 51.9 Å². The van der Waals surface area contributed by atoms with Crippen LogP contribution in [0.2, 0.25) is 5.02 Å². The van der Waals surface area contributed by atoms with Crippen LogP contribution in [0.3, 0.4) is 0 Å². The summed E-state index contributed by atoms with van der Waals surface area (Å²) >= 11 is 6.54. The molecule has 3 atom stereocenters. The Morgan fingerprint density at radius 2 is 1.81 bits per heavy atom. The molecule has 0 fully saturated rings. The maximum Gasteiger partial charge on any atom is 0.231 e. The summed E-state index contributed by atoms with van der Waals surface area (Å²) in [7, 11) is 4.12. The Morgan fingerprint density at radius 3 is 2.47 bits per heavy atom. The number of phenolic OH excluding ortho intramolecular Hbond substituents is 1. The van der Waals surface area contributed by atoms with Crippen molar-refractivity contribution in [1.82, 2.24) is 5.32 Å². The van der Waals surface area contributed by atoms with Crippen LogP contribution in [0, 0.1) is 5.92 Å². The van der Waals surface area contributed by atoms with Gasteiger partial charge < -0.3 is 38.9 Å². The van der Waals surface area contributed by atoms with Gasteiger partial charge in [-0.2, -0.15) is 0 Å². The average molecular weight is 612 g/mol. The number of aliphatic hydroxyl groups excluding tert-OH is 1. The Labute approximate surface area is 251 Å². The second-order valence-corrected chi connectivity index (χ2v) is 10.7. The number of carbonyl (C=O) groups excluding carboxylic acids is 3. The van der Waals surface area contributed by atoms with Gasteiger partial charge in [-0.15, -0.1) is 0 Å². The molecule has 1 aliphatic carbocycles. The number of allylic oxidation sites excluding steroid dienone is 1. The first-order valence-corrected chi connectivity index (χ1v) is 13.8. The molecule has 226 valence electrons. The number of furan rings is 1. The first-order chi connectivity index (χ1) is 20.6. The fourth-order valence-corrected chi connectivity index (χ4v) is 5.96. The van der Waals surface area contributed by atoms with Gasteiger partial charge in [0.15, 0.2) is 28.8 Å². The predicted octanol–water partition coefficient (Wildman–Crippen LogP) is 4.89. The molecule has 3 N–H and O–H groups in total. The third-order valence-corrected chi connectivity index (χ3v) is 8.25. The number of methoxy groups -OCH3 is 3. The van der Waals surface area contributed by atoms with E-state index in [9.17, 15) is 24.6 Å². The van der Waals surface area contributed by atoms with Crippen molar-refractivity contribution >= 4 is 29.1 Å². The lowest BCUT2D eigenvalue weighted by molar-refractivity contribution is -0.122. The molecular weight excluding hydrogens is 582 g/mol. The summed E-state index contributed by atoms with van der Waals surface area (Å²) in [4.78, 5) is 41.1. The highest BCUT2D eigenvalue weighted by molar-refractivity contribution is 6.35. The quantitative estimate of drug-likeness (QED) is 0.305. The molecule has 2 aromatic carbocycles. The minimum Gasteiger partial charge on any atom is -0.507 e. The van der Waals surface area contributed by atoms with Crippen molar-refractivity contribution in [2.24, 2.45) is 5.92 Å². The first kappa shape index (κ1) is 29.8. The number of aromatic hydroxyl groups is 1. The zero-order valence-electron chi connectivity index (χ0n) is 23.9. The third-order valence-electron chi connectivity index (χ3n) is 7.90. The normalized spacial score (nSPS) is 20.1. The maximum atomic E-state index is 14.2. The average Bonchev–Trinajstić information content (AvgIpc) is 3.62. The molecular formula is C31H30ClNO10. The number of amides is 1. The van der Waals surface area contributed by atoms with Gasteiger partial charge in [-0.3, -0.25) is 14.4 Å². The Morgan fingerprint density at radius 1 is 1.09 bits per heavy atom. The fourth-order valence-electron chi connectivity index (χ4n) is 5.69. The molecule has 1 spiro atoms. The van der Waals surface area contributed by atoms with Gasteiger partial charge in [0.25, 0.3) is 0 Å². The lowest BCUT2D eigenvalue weighted by Gasteiger charge is -2.38. The van der Waals surface area contributed by atoms with Crippen molar-refractivity contribution in [2.75, 3.05) is 21.3 Å². The zero-order chi connectivity index (χ0) is 31.1. The molecule has 0 saturated carbocycles. The molecule has 5 rings (SSSR count). The Kier molecular flexibility index (Phi) is 8.02. The molecule has 11 nitrogen and oxygen atoms in total. The molecule has 3 aromatic rings. The molecule has 0 radical (unpaired) electrons. The summed E-state index contributed by atoms with van der Waals surface area (Å²) in [6, 6.07) is 9.16. The third kappa shape index (κ3) is 4.93. The highest BCUT2D eigenvalue weighted by Crippen LogP contribution is 2.56. The molecule has 12 heteroatoms. The monoisotopic (exact) mass is 611 g/mol. The summed E-state index contributed by atoms with van der Waals surface area (Å²) in [6.07, 6.45) is 0.990. The lowest BCUT2D eigenvalue weighted by Crippen LogP contribution is -2.53. The summed E-state index contributed by atoms with van der Waals surface area (Å²) in [5.41, 5.74) is -1.83. The molecule has 3 unspecified atom stereocenters. The Bertz CT molecular complexity index is 1630. The maximum absolute atomic E-state index is 14.2. The first-order valence-electron chi connectivity index (χ1n) is 13.4. The topological polar surface area (TPSA) is 154 Å². The van der Waals surface area contributed by atoms with Crippen molar-refractivity contribution in [3.05, 3.63) is 75.9 Å². The fraction of sp³-hybridized carbons (Fsp3) is 0.323. The number of nitrogens with one attached hydrogen (secondary N) is 1. The number of fused-ring (bicyclic) bond motifs is 1. The van der Waals surface area contributed by atoms with Crippen molar-refractivity contribution in [2.45, 2.75) is 37.8 Å².